The normalized spacial score (nSPS) is 10.8. The highest BCUT2D eigenvalue weighted by Crippen LogP contribution is 2.13. The van der Waals surface area contributed by atoms with Crippen molar-refractivity contribution in [2.24, 2.45) is 0 Å². The molecule has 0 amide bonds. The molecule has 2 aromatic heterocycles. The molecule has 0 fully saturated rings. The molecule has 0 aliphatic rings. The largest absolute Gasteiger partial charge is 0.361 e. The lowest BCUT2D eigenvalue weighted by Gasteiger charge is -2.00. The van der Waals surface area contributed by atoms with Crippen LogP contribution in [0.25, 0.3) is 0 Å². The van der Waals surface area contributed by atoms with E-state index in [1.54, 1.807) is 11.6 Å². The number of carbonyl (C=O) groups is 1. The summed E-state index contributed by atoms with van der Waals surface area (Å²) < 4.78 is 6.89. The lowest BCUT2D eigenvalue weighted by Crippen LogP contribution is -2.04. The van der Waals surface area contributed by atoms with Gasteiger partial charge in [-0.1, -0.05) is 5.16 Å². The van der Waals surface area contributed by atoms with E-state index in [9.17, 15) is 4.79 Å². The SMILES string of the molecule is CC(=O)Cc1ccn(Cc2c(C)noc2C)n1. The average molecular weight is 233 g/mol. The number of nitrogens with zero attached hydrogens (tertiary/aromatic N) is 3. The summed E-state index contributed by atoms with van der Waals surface area (Å²) in [5.74, 6) is 0.929. The van der Waals surface area contributed by atoms with E-state index in [1.807, 2.05) is 26.1 Å². The first-order valence-corrected chi connectivity index (χ1v) is 5.50. The van der Waals surface area contributed by atoms with Gasteiger partial charge in [-0.15, -0.1) is 0 Å². The number of rotatable bonds is 4. The van der Waals surface area contributed by atoms with Crippen molar-refractivity contribution in [3.8, 4) is 0 Å². The van der Waals surface area contributed by atoms with E-state index < -0.39 is 0 Å². The van der Waals surface area contributed by atoms with Gasteiger partial charge >= 0.3 is 0 Å². The molecule has 0 bridgehead atoms. The van der Waals surface area contributed by atoms with E-state index in [0.717, 1.165) is 22.7 Å². The Hall–Kier alpha value is -1.91. The fourth-order valence-electron chi connectivity index (χ4n) is 1.73. The summed E-state index contributed by atoms with van der Waals surface area (Å²) in [6.45, 7) is 5.98. The number of aryl methyl sites for hydroxylation is 2. The molecular weight excluding hydrogens is 218 g/mol. The molecule has 0 saturated heterocycles. The number of hydrogen-bond donors (Lipinski definition) is 0. The quantitative estimate of drug-likeness (QED) is 0.805. The zero-order valence-corrected chi connectivity index (χ0v) is 10.2. The molecule has 2 aromatic rings. The molecule has 0 N–H and O–H groups in total. The van der Waals surface area contributed by atoms with Gasteiger partial charge in [-0.25, -0.2) is 0 Å². The van der Waals surface area contributed by atoms with Gasteiger partial charge in [-0.2, -0.15) is 5.10 Å². The molecular formula is C12H15N3O2. The molecule has 0 atom stereocenters. The van der Waals surface area contributed by atoms with Crippen molar-refractivity contribution in [3.05, 3.63) is 35.0 Å². The molecule has 0 radical (unpaired) electrons. The second-order valence-corrected chi connectivity index (χ2v) is 4.19. The first-order chi connectivity index (χ1) is 8.06. The van der Waals surface area contributed by atoms with E-state index >= 15 is 0 Å². The van der Waals surface area contributed by atoms with E-state index in [4.69, 9.17) is 4.52 Å². The van der Waals surface area contributed by atoms with Crippen molar-refractivity contribution in [2.75, 3.05) is 0 Å². The van der Waals surface area contributed by atoms with Gasteiger partial charge in [-0.3, -0.25) is 9.48 Å². The van der Waals surface area contributed by atoms with Gasteiger partial charge in [0, 0.05) is 11.8 Å². The molecule has 5 heteroatoms. The van der Waals surface area contributed by atoms with Crippen LogP contribution in [-0.2, 0) is 17.8 Å². The highest BCUT2D eigenvalue weighted by molar-refractivity contribution is 5.77. The van der Waals surface area contributed by atoms with Gasteiger partial charge < -0.3 is 4.52 Å². The van der Waals surface area contributed by atoms with Crippen molar-refractivity contribution < 1.29 is 9.32 Å². The van der Waals surface area contributed by atoms with Gasteiger partial charge in [0.15, 0.2) is 0 Å². The minimum atomic E-state index is 0.118. The number of ketones is 1. The van der Waals surface area contributed by atoms with Gasteiger partial charge in [0.25, 0.3) is 0 Å². The highest BCUT2D eigenvalue weighted by atomic mass is 16.5. The smallest absolute Gasteiger partial charge is 0.138 e. The molecule has 0 aromatic carbocycles. The van der Waals surface area contributed by atoms with Crippen LogP contribution in [0.5, 0.6) is 0 Å². The number of hydrogen-bond acceptors (Lipinski definition) is 4. The zero-order chi connectivity index (χ0) is 12.4. The zero-order valence-electron chi connectivity index (χ0n) is 10.2. The van der Waals surface area contributed by atoms with Crippen molar-refractivity contribution in [1.29, 1.82) is 0 Å². The van der Waals surface area contributed by atoms with Crippen LogP contribution in [-0.4, -0.2) is 20.7 Å². The molecule has 2 heterocycles. The maximum absolute atomic E-state index is 11.0. The Bertz CT molecular complexity index is 520. The monoisotopic (exact) mass is 233 g/mol. The Morgan fingerprint density at radius 1 is 1.47 bits per heavy atom. The molecule has 0 aliphatic carbocycles. The fourth-order valence-corrected chi connectivity index (χ4v) is 1.73. The van der Waals surface area contributed by atoms with Gasteiger partial charge in [0.05, 0.1) is 24.4 Å². The maximum atomic E-state index is 11.0. The van der Waals surface area contributed by atoms with Crippen molar-refractivity contribution in [2.45, 2.75) is 33.7 Å². The molecule has 0 aliphatic heterocycles. The van der Waals surface area contributed by atoms with Crippen LogP contribution in [0.15, 0.2) is 16.8 Å². The molecule has 0 unspecified atom stereocenters. The molecule has 5 nitrogen and oxygen atoms in total. The average Bonchev–Trinajstić information content (AvgIpc) is 2.79. The van der Waals surface area contributed by atoms with Crippen molar-refractivity contribution in [1.82, 2.24) is 14.9 Å². The third-order valence-electron chi connectivity index (χ3n) is 2.63. The summed E-state index contributed by atoms with van der Waals surface area (Å²) in [6, 6.07) is 1.86. The summed E-state index contributed by atoms with van der Waals surface area (Å²) >= 11 is 0. The minimum absolute atomic E-state index is 0.118. The van der Waals surface area contributed by atoms with Crippen LogP contribution in [0.2, 0.25) is 0 Å². The van der Waals surface area contributed by atoms with Crippen molar-refractivity contribution in [3.63, 3.8) is 0 Å². The van der Waals surface area contributed by atoms with Crippen LogP contribution in [0, 0.1) is 13.8 Å². The summed E-state index contributed by atoms with van der Waals surface area (Å²) in [5.41, 5.74) is 2.72. The summed E-state index contributed by atoms with van der Waals surface area (Å²) in [7, 11) is 0. The second-order valence-electron chi connectivity index (χ2n) is 4.19. The molecule has 90 valence electrons. The third kappa shape index (κ3) is 2.61. The van der Waals surface area contributed by atoms with Crippen molar-refractivity contribution >= 4 is 5.78 Å². The number of carbonyl (C=O) groups excluding carboxylic acids is 1. The lowest BCUT2D eigenvalue weighted by molar-refractivity contribution is -0.116. The standard InChI is InChI=1S/C12H15N3O2/c1-8(16)6-11-4-5-15(13-11)7-12-9(2)14-17-10(12)3/h4-5H,6-7H2,1-3H3. The van der Waals surface area contributed by atoms with Gasteiger partial charge in [-0.05, 0) is 26.8 Å². The Morgan fingerprint density at radius 2 is 2.24 bits per heavy atom. The molecule has 2 rings (SSSR count). The second kappa shape index (κ2) is 4.53. The lowest BCUT2D eigenvalue weighted by atomic mass is 10.2. The van der Waals surface area contributed by atoms with E-state index in [1.165, 1.54) is 0 Å². The third-order valence-corrected chi connectivity index (χ3v) is 2.63. The molecule has 0 saturated carbocycles. The van der Waals surface area contributed by atoms with E-state index in [2.05, 4.69) is 10.3 Å². The summed E-state index contributed by atoms with van der Waals surface area (Å²) in [6.07, 6.45) is 2.25. The van der Waals surface area contributed by atoms with E-state index in [0.29, 0.717) is 13.0 Å². The maximum Gasteiger partial charge on any atom is 0.138 e. The van der Waals surface area contributed by atoms with E-state index in [-0.39, 0.29) is 5.78 Å². The predicted molar refractivity (Wildman–Crippen MR) is 61.7 cm³/mol. The van der Waals surface area contributed by atoms with Crippen LogP contribution in [0.1, 0.15) is 29.6 Å². The summed E-state index contributed by atoms with van der Waals surface area (Å²) in [4.78, 5) is 11.0. The summed E-state index contributed by atoms with van der Waals surface area (Å²) in [5, 5.41) is 8.23. The predicted octanol–water partition coefficient (Wildman–Crippen LogP) is 1.67. The fraction of sp³-hybridized carbons (Fsp3) is 0.417. The molecule has 17 heavy (non-hydrogen) atoms. The first kappa shape index (κ1) is 11.6. The minimum Gasteiger partial charge on any atom is -0.361 e. The van der Waals surface area contributed by atoms with Crippen LogP contribution in [0.4, 0.5) is 0 Å². The molecule has 0 spiro atoms. The Balaban J connectivity index is 2.14. The highest BCUT2D eigenvalue weighted by Gasteiger charge is 2.10. The number of Topliss-reactive ketones (excluding diaryl/α,β-unsaturated/α-hetero) is 1. The van der Waals surface area contributed by atoms with Crippen LogP contribution < -0.4 is 0 Å². The van der Waals surface area contributed by atoms with Gasteiger partial charge in [0.2, 0.25) is 0 Å². The first-order valence-electron chi connectivity index (χ1n) is 5.50. The van der Waals surface area contributed by atoms with Crippen LogP contribution in [0.3, 0.4) is 0 Å². The Morgan fingerprint density at radius 3 is 2.82 bits per heavy atom. The van der Waals surface area contributed by atoms with Crippen LogP contribution >= 0.6 is 0 Å². The van der Waals surface area contributed by atoms with Gasteiger partial charge in [0.1, 0.15) is 11.5 Å². The Labute approximate surface area is 99.4 Å². The Kier molecular flexibility index (Phi) is 3.08. The number of aromatic nitrogens is 3. The topological polar surface area (TPSA) is 60.9 Å².